The van der Waals surface area contributed by atoms with Crippen molar-refractivity contribution in [3.05, 3.63) is 0 Å². The maximum atomic E-state index is 11.5. The van der Waals surface area contributed by atoms with Gasteiger partial charge in [-0.2, -0.15) is 0 Å². The molecular formula is C10H17ClN2O2. The van der Waals surface area contributed by atoms with Gasteiger partial charge in [0.1, 0.15) is 5.88 Å². The van der Waals surface area contributed by atoms with Gasteiger partial charge in [0.25, 0.3) is 0 Å². The van der Waals surface area contributed by atoms with Crippen LogP contribution < -0.4 is 5.32 Å². The van der Waals surface area contributed by atoms with Crippen LogP contribution in [0.2, 0.25) is 0 Å². The molecule has 3 amide bonds. The molecule has 15 heavy (non-hydrogen) atoms. The molecule has 0 aliphatic heterocycles. The number of nitrogens with one attached hydrogen (secondary N) is 1. The molecule has 1 N–H and O–H groups in total. The number of carbonyl (C=O) groups is 2. The Labute approximate surface area is 95.0 Å². The van der Waals surface area contributed by atoms with Gasteiger partial charge in [-0.15, -0.1) is 11.6 Å². The summed E-state index contributed by atoms with van der Waals surface area (Å²) >= 11 is 5.30. The van der Waals surface area contributed by atoms with Crippen molar-refractivity contribution < 1.29 is 9.59 Å². The number of halogens is 1. The quantitative estimate of drug-likeness (QED) is 0.738. The number of hydrogen-bond donors (Lipinski definition) is 1. The van der Waals surface area contributed by atoms with Crippen LogP contribution in [0.25, 0.3) is 0 Å². The highest BCUT2D eigenvalue weighted by Crippen LogP contribution is 2.21. The first-order valence-electron chi connectivity index (χ1n) is 5.27. The summed E-state index contributed by atoms with van der Waals surface area (Å²) in [5, 5.41) is 2.24. The van der Waals surface area contributed by atoms with E-state index >= 15 is 0 Å². The normalized spacial score (nSPS) is 17.2. The Hall–Kier alpha value is -0.770. The van der Waals surface area contributed by atoms with Crippen molar-refractivity contribution in [2.24, 2.45) is 0 Å². The average molecular weight is 233 g/mol. The van der Waals surface area contributed by atoms with Gasteiger partial charge in [-0.1, -0.05) is 19.3 Å². The monoisotopic (exact) mass is 232 g/mol. The van der Waals surface area contributed by atoms with Gasteiger partial charge < -0.3 is 4.90 Å². The molecule has 0 aromatic heterocycles. The van der Waals surface area contributed by atoms with Crippen molar-refractivity contribution in [1.82, 2.24) is 10.2 Å². The third-order valence-corrected chi connectivity index (χ3v) is 3.05. The largest absolute Gasteiger partial charge is 0.325 e. The molecule has 0 spiro atoms. The molecule has 1 saturated carbocycles. The van der Waals surface area contributed by atoms with E-state index < -0.39 is 5.91 Å². The lowest BCUT2D eigenvalue weighted by Gasteiger charge is -2.30. The van der Waals surface area contributed by atoms with Crippen LogP contribution in [0.4, 0.5) is 4.79 Å². The van der Waals surface area contributed by atoms with Crippen LogP contribution in [-0.4, -0.2) is 35.8 Å². The van der Waals surface area contributed by atoms with E-state index in [1.165, 1.54) is 6.42 Å². The number of urea groups is 1. The number of amides is 3. The molecule has 4 nitrogen and oxygen atoms in total. The maximum absolute atomic E-state index is 11.5. The number of rotatable bonds is 2. The van der Waals surface area contributed by atoms with E-state index in [-0.39, 0.29) is 18.0 Å². The molecular weight excluding hydrogens is 216 g/mol. The molecule has 1 aliphatic rings. The van der Waals surface area contributed by atoms with Crippen molar-refractivity contribution in [2.75, 3.05) is 12.9 Å². The van der Waals surface area contributed by atoms with Crippen LogP contribution in [0.1, 0.15) is 32.1 Å². The average Bonchev–Trinajstić information content (AvgIpc) is 2.29. The zero-order chi connectivity index (χ0) is 11.3. The van der Waals surface area contributed by atoms with Gasteiger partial charge in [0.2, 0.25) is 5.91 Å². The summed E-state index contributed by atoms with van der Waals surface area (Å²) in [6, 6.07) is -0.0746. The Kier molecular flexibility index (Phi) is 4.88. The zero-order valence-corrected chi connectivity index (χ0v) is 9.72. The first-order chi connectivity index (χ1) is 7.15. The SMILES string of the molecule is CN(C(=O)NC(=O)CCl)C1CCCCC1. The van der Waals surface area contributed by atoms with Gasteiger partial charge in [0.15, 0.2) is 0 Å². The summed E-state index contributed by atoms with van der Waals surface area (Å²) in [5.41, 5.74) is 0. The molecule has 0 heterocycles. The smallest absolute Gasteiger partial charge is 0.324 e. The minimum atomic E-state index is -0.440. The number of carbonyl (C=O) groups excluding carboxylic acids is 2. The van der Waals surface area contributed by atoms with Crippen molar-refractivity contribution in [2.45, 2.75) is 38.1 Å². The van der Waals surface area contributed by atoms with Crippen LogP contribution in [0.15, 0.2) is 0 Å². The number of imide groups is 1. The lowest BCUT2D eigenvalue weighted by Crippen LogP contribution is -2.46. The number of alkyl halides is 1. The van der Waals surface area contributed by atoms with Gasteiger partial charge in [-0.3, -0.25) is 10.1 Å². The molecule has 86 valence electrons. The lowest BCUT2D eigenvalue weighted by atomic mass is 9.95. The summed E-state index contributed by atoms with van der Waals surface area (Å²) in [4.78, 5) is 24.1. The maximum Gasteiger partial charge on any atom is 0.324 e. The van der Waals surface area contributed by atoms with E-state index in [1.54, 1.807) is 11.9 Å². The van der Waals surface area contributed by atoms with Gasteiger partial charge >= 0.3 is 6.03 Å². The van der Waals surface area contributed by atoms with E-state index in [1.807, 2.05) is 0 Å². The number of nitrogens with zero attached hydrogens (tertiary/aromatic N) is 1. The second kappa shape index (κ2) is 5.95. The third-order valence-electron chi connectivity index (χ3n) is 2.81. The Bertz CT molecular complexity index is 240. The third kappa shape index (κ3) is 3.70. The Morgan fingerprint density at radius 3 is 2.47 bits per heavy atom. The number of hydrogen-bond acceptors (Lipinski definition) is 2. The molecule has 0 saturated heterocycles. The topological polar surface area (TPSA) is 49.4 Å². The first kappa shape index (κ1) is 12.3. The second-order valence-electron chi connectivity index (χ2n) is 3.89. The Morgan fingerprint density at radius 2 is 1.93 bits per heavy atom. The Balaban J connectivity index is 2.40. The molecule has 0 aromatic carbocycles. The highest BCUT2D eigenvalue weighted by molar-refractivity contribution is 6.28. The highest BCUT2D eigenvalue weighted by Gasteiger charge is 2.22. The van der Waals surface area contributed by atoms with E-state index in [0.717, 1.165) is 25.7 Å². The summed E-state index contributed by atoms with van der Waals surface area (Å²) in [5.74, 6) is -0.617. The zero-order valence-electron chi connectivity index (χ0n) is 8.96. The molecule has 0 atom stereocenters. The minimum Gasteiger partial charge on any atom is -0.325 e. The van der Waals surface area contributed by atoms with E-state index in [4.69, 9.17) is 11.6 Å². The first-order valence-corrected chi connectivity index (χ1v) is 5.81. The van der Waals surface area contributed by atoms with Crippen LogP contribution in [0.5, 0.6) is 0 Å². The summed E-state index contributed by atoms with van der Waals surface area (Å²) in [6.07, 6.45) is 5.61. The van der Waals surface area contributed by atoms with Crippen molar-refractivity contribution in [1.29, 1.82) is 0 Å². The molecule has 0 aromatic rings. The molecule has 0 bridgehead atoms. The van der Waals surface area contributed by atoms with Crippen molar-refractivity contribution >= 4 is 23.5 Å². The molecule has 0 unspecified atom stereocenters. The summed E-state index contributed by atoms with van der Waals surface area (Å²) < 4.78 is 0. The molecule has 1 fully saturated rings. The fraction of sp³-hybridized carbons (Fsp3) is 0.800. The van der Waals surface area contributed by atoms with E-state index in [9.17, 15) is 9.59 Å². The highest BCUT2D eigenvalue weighted by atomic mass is 35.5. The second-order valence-corrected chi connectivity index (χ2v) is 4.16. The molecule has 1 rings (SSSR count). The van der Waals surface area contributed by atoms with Gasteiger partial charge in [-0.25, -0.2) is 4.79 Å². The molecule has 0 radical (unpaired) electrons. The molecule has 5 heteroatoms. The fourth-order valence-electron chi connectivity index (χ4n) is 1.88. The van der Waals surface area contributed by atoms with Gasteiger partial charge in [-0.05, 0) is 12.8 Å². The lowest BCUT2D eigenvalue weighted by molar-refractivity contribution is -0.117. The Morgan fingerprint density at radius 1 is 1.33 bits per heavy atom. The summed E-state index contributed by atoms with van der Waals surface area (Å²) in [6.45, 7) is 0. The minimum absolute atomic E-state index is 0.176. The van der Waals surface area contributed by atoms with E-state index in [2.05, 4.69) is 5.32 Å². The van der Waals surface area contributed by atoms with Crippen LogP contribution in [-0.2, 0) is 4.79 Å². The van der Waals surface area contributed by atoms with Crippen LogP contribution in [0, 0.1) is 0 Å². The fourth-order valence-corrected chi connectivity index (χ4v) is 1.94. The molecule has 1 aliphatic carbocycles. The van der Waals surface area contributed by atoms with Gasteiger partial charge in [0.05, 0.1) is 0 Å². The van der Waals surface area contributed by atoms with E-state index in [0.29, 0.717) is 0 Å². The predicted molar refractivity (Wildman–Crippen MR) is 58.9 cm³/mol. The summed E-state index contributed by atoms with van der Waals surface area (Å²) in [7, 11) is 1.73. The van der Waals surface area contributed by atoms with Crippen LogP contribution in [0.3, 0.4) is 0 Å². The van der Waals surface area contributed by atoms with Crippen LogP contribution >= 0.6 is 11.6 Å². The standard InChI is InChI=1S/C10H17ClN2O2/c1-13(8-5-3-2-4-6-8)10(15)12-9(14)7-11/h8H,2-7H2,1H3,(H,12,14,15). The predicted octanol–water partition coefficient (Wildman–Crippen LogP) is 1.73. The van der Waals surface area contributed by atoms with Gasteiger partial charge in [0, 0.05) is 13.1 Å². The van der Waals surface area contributed by atoms with Crippen molar-refractivity contribution in [3.63, 3.8) is 0 Å². The van der Waals surface area contributed by atoms with Crippen molar-refractivity contribution in [3.8, 4) is 0 Å².